The van der Waals surface area contributed by atoms with E-state index in [2.05, 4.69) is 9.97 Å². The van der Waals surface area contributed by atoms with Crippen molar-refractivity contribution in [1.29, 1.82) is 0 Å². The van der Waals surface area contributed by atoms with Gasteiger partial charge in [0.05, 0.1) is 23.3 Å². The first-order valence-corrected chi connectivity index (χ1v) is 11.5. The van der Waals surface area contributed by atoms with E-state index in [0.717, 1.165) is 11.3 Å². The van der Waals surface area contributed by atoms with Crippen molar-refractivity contribution in [2.75, 3.05) is 20.7 Å². The Morgan fingerprint density at radius 1 is 1.18 bits per heavy atom. The first-order chi connectivity index (χ1) is 15.8. The van der Waals surface area contributed by atoms with Crippen LogP contribution in [0.15, 0.2) is 30.3 Å². The average Bonchev–Trinajstić information content (AvgIpc) is 3.30. The number of ether oxygens (including phenoxy) is 1. The van der Waals surface area contributed by atoms with Crippen LogP contribution in [0.4, 0.5) is 13.2 Å². The average molecular weight is 496 g/mol. The van der Waals surface area contributed by atoms with Gasteiger partial charge >= 0.3 is 6.18 Å². The lowest BCUT2D eigenvalue weighted by molar-refractivity contribution is -0.266. The van der Waals surface area contributed by atoms with Gasteiger partial charge in [0.15, 0.2) is 5.60 Å². The molecule has 3 aromatic rings. The van der Waals surface area contributed by atoms with E-state index in [4.69, 9.17) is 16.3 Å². The number of nitrogens with one attached hydrogen (secondary N) is 1. The van der Waals surface area contributed by atoms with Gasteiger partial charge in [-0.15, -0.1) is 0 Å². The van der Waals surface area contributed by atoms with Crippen LogP contribution in [0.5, 0.6) is 5.75 Å². The second-order valence-electron chi connectivity index (χ2n) is 10.1. The minimum Gasteiger partial charge on any atom is -0.493 e. The normalized spacial score (nSPS) is 16.1. The molecule has 0 saturated carbocycles. The van der Waals surface area contributed by atoms with Gasteiger partial charge < -0.3 is 19.7 Å². The summed E-state index contributed by atoms with van der Waals surface area (Å²) in [6, 6.07) is 8.64. The van der Waals surface area contributed by atoms with Crippen molar-refractivity contribution in [3.63, 3.8) is 0 Å². The second kappa shape index (κ2) is 8.73. The monoisotopic (exact) mass is 495 g/mol. The van der Waals surface area contributed by atoms with Crippen molar-refractivity contribution < 1.29 is 23.0 Å². The maximum absolute atomic E-state index is 14.3. The molecule has 1 unspecified atom stereocenters. The number of halogens is 4. The fraction of sp³-hybridized carbons (Fsp3) is 0.480. The highest BCUT2D eigenvalue weighted by Gasteiger charge is 2.56. The van der Waals surface area contributed by atoms with Gasteiger partial charge in [0.1, 0.15) is 5.75 Å². The Balaban J connectivity index is 1.67. The number of rotatable bonds is 7. The predicted molar refractivity (Wildman–Crippen MR) is 126 cm³/mol. The molecule has 0 saturated heterocycles. The third-order valence-electron chi connectivity index (χ3n) is 6.29. The molecule has 9 heteroatoms. The summed E-state index contributed by atoms with van der Waals surface area (Å²) in [5.41, 5.74) is -0.313. The number of hydrogen-bond donors (Lipinski definition) is 2. The molecule has 4 rings (SSSR count). The van der Waals surface area contributed by atoms with Crippen molar-refractivity contribution in [3.05, 3.63) is 57.9 Å². The lowest BCUT2D eigenvalue weighted by Gasteiger charge is -2.38. The maximum atomic E-state index is 14.3. The van der Waals surface area contributed by atoms with Crippen LogP contribution in [0, 0.1) is 0 Å². The quantitative estimate of drug-likeness (QED) is 0.459. The zero-order valence-electron chi connectivity index (χ0n) is 19.7. The molecule has 184 valence electrons. The van der Waals surface area contributed by atoms with Gasteiger partial charge in [0, 0.05) is 35.7 Å². The van der Waals surface area contributed by atoms with Crippen LogP contribution in [-0.2, 0) is 24.8 Å². The summed E-state index contributed by atoms with van der Waals surface area (Å²) in [5.74, 6) is 0.571. The van der Waals surface area contributed by atoms with Crippen LogP contribution in [0.2, 0.25) is 5.02 Å². The van der Waals surface area contributed by atoms with E-state index < -0.39 is 30.0 Å². The number of aromatic amines is 1. The van der Waals surface area contributed by atoms with E-state index in [1.807, 2.05) is 25.1 Å². The highest BCUT2D eigenvalue weighted by atomic mass is 35.5. The highest BCUT2D eigenvalue weighted by Crippen LogP contribution is 2.47. The van der Waals surface area contributed by atoms with Crippen LogP contribution in [-0.4, -0.2) is 52.5 Å². The van der Waals surface area contributed by atoms with E-state index in [0.29, 0.717) is 46.9 Å². The van der Waals surface area contributed by atoms with Gasteiger partial charge in [0.25, 0.3) is 0 Å². The molecular weight excluding hydrogens is 467 g/mol. The van der Waals surface area contributed by atoms with Crippen molar-refractivity contribution in [1.82, 2.24) is 14.9 Å². The van der Waals surface area contributed by atoms with Crippen molar-refractivity contribution in [2.24, 2.45) is 0 Å². The van der Waals surface area contributed by atoms with E-state index in [-0.39, 0.29) is 5.69 Å². The Morgan fingerprint density at radius 3 is 2.59 bits per heavy atom. The molecule has 1 aliphatic rings. The summed E-state index contributed by atoms with van der Waals surface area (Å²) in [5, 5.41) is 11.5. The van der Waals surface area contributed by atoms with Crippen LogP contribution >= 0.6 is 11.6 Å². The molecule has 0 amide bonds. The standard InChI is InChI=1S/C25H29ClF3N3O2/c1-23(2,19-10-16(26)9-15-7-8-34-22(15)19)14-24(33,25(27,28)29)12-18-11-21-20(31-18)6-5-17(30-21)13-32(3)4/h5-6,9-11,31,33H,7-8,12-14H2,1-4H3. The molecule has 0 spiro atoms. The highest BCUT2D eigenvalue weighted by molar-refractivity contribution is 6.30. The van der Waals surface area contributed by atoms with Crippen molar-refractivity contribution in [2.45, 2.75) is 56.8 Å². The zero-order chi connectivity index (χ0) is 24.9. The second-order valence-corrected chi connectivity index (χ2v) is 10.5. The molecule has 1 atom stereocenters. The minimum atomic E-state index is -4.85. The SMILES string of the molecule is CN(C)Cc1ccc2[nH]c(CC(O)(CC(C)(C)c3cc(Cl)cc4c3OCC4)C(F)(F)F)cc2n1. The molecular formula is C25H29ClF3N3O2. The van der Waals surface area contributed by atoms with E-state index >= 15 is 0 Å². The number of fused-ring (bicyclic) bond motifs is 2. The minimum absolute atomic E-state index is 0.271. The fourth-order valence-corrected chi connectivity index (χ4v) is 5.03. The van der Waals surface area contributed by atoms with Crippen molar-refractivity contribution >= 4 is 22.6 Å². The molecule has 2 N–H and O–H groups in total. The summed E-state index contributed by atoms with van der Waals surface area (Å²) in [7, 11) is 3.83. The molecule has 0 fully saturated rings. The number of H-pyrrole nitrogens is 1. The summed E-state index contributed by atoms with van der Waals surface area (Å²) in [4.78, 5) is 9.49. The number of aliphatic hydroxyl groups is 1. The lowest BCUT2D eigenvalue weighted by Crippen LogP contribution is -2.51. The Bertz CT molecular complexity index is 1210. The zero-order valence-corrected chi connectivity index (χ0v) is 20.4. The maximum Gasteiger partial charge on any atom is 0.417 e. The largest absolute Gasteiger partial charge is 0.493 e. The smallest absolute Gasteiger partial charge is 0.417 e. The molecule has 1 aliphatic heterocycles. The van der Waals surface area contributed by atoms with Gasteiger partial charge in [-0.3, -0.25) is 0 Å². The Labute approximate surface area is 201 Å². The Morgan fingerprint density at radius 2 is 1.91 bits per heavy atom. The van der Waals surface area contributed by atoms with E-state index in [1.54, 1.807) is 38.1 Å². The number of benzene rings is 1. The number of alkyl halides is 3. The number of pyridine rings is 1. The van der Waals surface area contributed by atoms with Crippen LogP contribution in [0.3, 0.4) is 0 Å². The molecule has 1 aromatic carbocycles. The van der Waals surface area contributed by atoms with Gasteiger partial charge in [0.2, 0.25) is 0 Å². The lowest BCUT2D eigenvalue weighted by atomic mass is 9.73. The fourth-order valence-electron chi connectivity index (χ4n) is 4.79. The van der Waals surface area contributed by atoms with Gasteiger partial charge in [-0.05, 0) is 61.8 Å². The van der Waals surface area contributed by atoms with Gasteiger partial charge in [-0.2, -0.15) is 13.2 Å². The Kier molecular flexibility index (Phi) is 6.38. The summed E-state index contributed by atoms with van der Waals surface area (Å²) < 4.78 is 48.7. The van der Waals surface area contributed by atoms with Gasteiger partial charge in [-0.25, -0.2) is 4.98 Å². The number of nitrogens with zero attached hydrogens (tertiary/aromatic N) is 2. The predicted octanol–water partition coefficient (Wildman–Crippen LogP) is 5.42. The molecule has 2 aromatic heterocycles. The first-order valence-electron chi connectivity index (χ1n) is 11.1. The number of aromatic nitrogens is 2. The topological polar surface area (TPSA) is 61.4 Å². The Hall–Kier alpha value is -2.29. The van der Waals surface area contributed by atoms with Crippen LogP contribution < -0.4 is 4.74 Å². The van der Waals surface area contributed by atoms with Crippen LogP contribution in [0.25, 0.3) is 11.0 Å². The van der Waals surface area contributed by atoms with Crippen LogP contribution in [0.1, 0.15) is 42.8 Å². The third-order valence-corrected chi connectivity index (χ3v) is 6.51. The van der Waals surface area contributed by atoms with Gasteiger partial charge in [-0.1, -0.05) is 25.4 Å². The van der Waals surface area contributed by atoms with E-state index in [1.165, 1.54) is 0 Å². The first kappa shape index (κ1) is 24.8. The molecule has 5 nitrogen and oxygen atoms in total. The number of hydrogen-bond acceptors (Lipinski definition) is 4. The summed E-state index contributed by atoms with van der Waals surface area (Å²) >= 11 is 6.26. The molecule has 34 heavy (non-hydrogen) atoms. The molecule has 0 bridgehead atoms. The third kappa shape index (κ3) is 4.90. The van der Waals surface area contributed by atoms with Crippen molar-refractivity contribution in [3.8, 4) is 5.75 Å². The molecule has 0 radical (unpaired) electrons. The molecule has 3 heterocycles. The summed E-state index contributed by atoms with van der Waals surface area (Å²) in [6.07, 6.45) is -5.38. The van der Waals surface area contributed by atoms with E-state index in [9.17, 15) is 18.3 Å². The molecule has 0 aliphatic carbocycles. The summed E-state index contributed by atoms with van der Waals surface area (Å²) in [6.45, 7) is 4.43.